The van der Waals surface area contributed by atoms with E-state index in [1.54, 1.807) is 21.1 Å². The van der Waals surface area contributed by atoms with Crippen molar-refractivity contribution in [1.29, 1.82) is 0 Å². The number of carboxylic acid groups (broad SMARTS) is 1. The zero-order chi connectivity index (χ0) is 38.5. The standard InChI is InChI=1S/C44H75NO7/c1-6-8-10-12-14-16-18-19-20-21-22-23-24-25-27-28-30-32-34-42(46)51-39-40(38-50-37-36-41(44(48)49)45(3,4)5)52-43(47)35-33-31-29-26-17-15-13-11-9-7-2/h10,12,14,16,18-23,40-41H,6-9,11,13,15,17,24-39H2,1-5H3/b12-10+,16-14+,19-18+,21-20+,23-22+. The molecular formula is C44H75NO7. The van der Waals surface area contributed by atoms with Gasteiger partial charge in [-0.25, -0.2) is 0 Å². The number of unbranched alkanes of at least 4 members (excludes halogenated alkanes) is 15. The van der Waals surface area contributed by atoms with Crippen LogP contribution in [0.25, 0.3) is 0 Å². The number of rotatable bonds is 35. The third kappa shape index (κ3) is 32.9. The van der Waals surface area contributed by atoms with E-state index < -0.39 is 18.1 Å². The smallest absolute Gasteiger partial charge is 0.306 e. The van der Waals surface area contributed by atoms with Crippen LogP contribution in [0, 0.1) is 0 Å². The van der Waals surface area contributed by atoms with E-state index in [0.29, 0.717) is 12.8 Å². The lowest BCUT2D eigenvalue weighted by atomic mass is 10.1. The number of esters is 2. The quantitative estimate of drug-likeness (QED) is 0.0277. The number of quaternary nitrogens is 1. The summed E-state index contributed by atoms with van der Waals surface area (Å²) < 4.78 is 17.1. The molecule has 2 unspecified atom stereocenters. The minimum atomic E-state index is -1.13. The van der Waals surface area contributed by atoms with Crippen LogP contribution in [0.3, 0.4) is 0 Å². The number of likely N-dealkylation sites (N-methyl/N-ethyl adjacent to an activating group) is 1. The predicted octanol–water partition coefficient (Wildman–Crippen LogP) is 9.30. The van der Waals surface area contributed by atoms with Gasteiger partial charge in [-0.1, -0.05) is 158 Å². The van der Waals surface area contributed by atoms with Crippen LogP contribution in [0.4, 0.5) is 0 Å². The van der Waals surface area contributed by atoms with E-state index in [1.165, 1.54) is 51.4 Å². The van der Waals surface area contributed by atoms with Crippen molar-refractivity contribution in [1.82, 2.24) is 0 Å². The Labute approximate surface area is 318 Å². The van der Waals surface area contributed by atoms with E-state index in [0.717, 1.165) is 64.2 Å². The van der Waals surface area contributed by atoms with Gasteiger partial charge in [-0.3, -0.25) is 9.59 Å². The molecule has 298 valence electrons. The van der Waals surface area contributed by atoms with E-state index in [9.17, 15) is 19.5 Å². The molecule has 0 saturated carbocycles. The Balaban J connectivity index is 4.42. The Morgan fingerprint density at radius 2 is 1.06 bits per heavy atom. The second-order valence-corrected chi connectivity index (χ2v) is 14.6. The second-order valence-electron chi connectivity index (χ2n) is 14.6. The first kappa shape index (κ1) is 49.0. The number of aliphatic carboxylic acids is 1. The third-order valence-electron chi connectivity index (χ3n) is 8.77. The first-order valence-corrected chi connectivity index (χ1v) is 20.4. The van der Waals surface area contributed by atoms with E-state index in [4.69, 9.17) is 14.2 Å². The Hall–Kier alpha value is -2.97. The number of hydrogen-bond acceptors (Lipinski definition) is 7. The molecule has 0 fully saturated rings. The minimum absolute atomic E-state index is 0.0310. The Bertz CT molecular complexity index is 1040. The fraction of sp³-hybridized carbons (Fsp3) is 0.705. The molecule has 0 aromatic rings. The van der Waals surface area contributed by atoms with Gasteiger partial charge in [-0.15, -0.1) is 0 Å². The molecule has 0 rings (SSSR count). The van der Waals surface area contributed by atoms with Crippen molar-refractivity contribution < 1.29 is 38.2 Å². The minimum Gasteiger partial charge on any atom is -0.544 e. The number of allylic oxidation sites excluding steroid dienone is 10. The number of nitrogens with zero attached hydrogens (tertiary/aromatic N) is 1. The molecule has 8 nitrogen and oxygen atoms in total. The van der Waals surface area contributed by atoms with Gasteiger partial charge in [0.15, 0.2) is 6.10 Å². The van der Waals surface area contributed by atoms with Crippen LogP contribution < -0.4 is 5.11 Å². The zero-order valence-electron chi connectivity index (χ0n) is 33.7. The van der Waals surface area contributed by atoms with Crippen LogP contribution in [0.5, 0.6) is 0 Å². The molecule has 0 saturated heterocycles. The summed E-state index contributed by atoms with van der Waals surface area (Å²) in [4.78, 5) is 36.7. The van der Waals surface area contributed by atoms with Crippen molar-refractivity contribution in [3.63, 3.8) is 0 Å². The molecule has 0 N–H and O–H groups in total. The van der Waals surface area contributed by atoms with Gasteiger partial charge in [0, 0.05) is 19.3 Å². The Morgan fingerprint density at radius 1 is 0.577 bits per heavy atom. The highest BCUT2D eigenvalue weighted by Gasteiger charge is 2.25. The topological polar surface area (TPSA) is 102 Å². The summed E-state index contributed by atoms with van der Waals surface area (Å²) in [5, 5.41) is 11.6. The maximum atomic E-state index is 12.6. The van der Waals surface area contributed by atoms with E-state index in [-0.39, 0.29) is 42.7 Å². The molecule has 2 atom stereocenters. The predicted molar refractivity (Wildman–Crippen MR) is 212 cm³/mol. The summed E-state index contributed by atoms with van der Waals surface area (Å²) in [5.41, 5.74) is 0. The summed E-state index contributed by atoms with van der Waals surface area (Å²) >= 11 is 0. The maximum absolute atomic E-state index is 12.6. The van der Waals surface area contributed by atoms with Crippen molar-refractivity contribution >= 4 is 17.9 Å². The highest BCUT2D eigenvalue weighted by Crippen LogP contribution is 2.13. The Morgan fingerprint density at radius 3 is 1.58 bits per heavy atom. The normalized spacial score (nSPS) is 13.6. The first-order chi connectivity index (χ1) is 25.1. The zero-order valence-corrected chi connectivity index (χ0v) is 33.7. The molecule has 0 aromatic carbocycles. The van der Waals surface area contributed by atoms with Gasteiger partial charge < -0.3 is 28.6 Å². The van der Waals surface area contributed by atoms with Crippen molar-refractivity contribution in [2.45, 2.75) is 161 Å². The third-order valence-corrected chi connectivity index (χ3v) is 8.77. The fourth-order valence-electron chi connectivity index (χ4n) is 5.57. The summed E-state index contributed by atoms with van der Waals surface area (Å²) in [6, 6.07) is -0.729. The van der Waals surface area contributed by atoms with Crippen molar-refractivity contribution in [3.8, 4) is 0 Å². The SMILES string of the molecule is CCC/C=C/C=C/C=C/C=C/C=C/CCCCCCCC(=O)OCC(COCCC(C(=O)[O-])[N+](C)(C)C)OC(=O)CCCCCCCCCCCC. The fourth-order valence-corrected chi connectivity index (χ4v) is 5.57. The first-order valence-electron chi connectivity index (χ1n) is 20.4. The summed E-state index contributed by atoms with van der Waals surface area (Å²) in [7, 11) is 5.38. The molecule has 0 aliphatic rings. The summed E-state index contributed by atoms with van der Waals surface area (Å²) in [6.07, 6.45) is 40.9. The molecule has 0 aliphatic carbocycles. The summed E-state index contributed by atoms with van der Waals surface area (Å²) in [6.45, 7) is 4.51. The molecule has 0 bridgehead atoms. The molecular weight excluding hydrogens is 654 g/mol. The van der Waals surface area contributed by atoms with Gasteiger partial charge in [0.05, 0.1) is 40.3 Å². The van der Waals surface area contributed by atoms with Crippen LogP contribution in [-0.4, -0.2) is 75.5 Å². The lowest BCUT2D eigenvalue weighted by Gasteiger charge is -2.34. The number of carboxylic acids is 1. The monoisotopic (exact) mass is 730 g/mol. The number of carbonyl (C=O) groups excluding carboxylic acids is 3. The van der Waals surface area contributed by atoms with E-state index >= 15 is 0 Å². The van der Waals surface area contributed by atoms with Gasteiger partial charge >= 0.3 is 11.9 Å². The van der Waals surface area contributed by atoms with Crippen LogP contribution >= 0.6 is 0 Å². The number of carbonyl (C=O) groups is 3. The molecule has 8 heteroatoms. The van der Waals surface area contributed by atoms with Crippen molar-refractivity contribution in [2.24, 2.45) is 0 Å². The second kappa shape index (κ2) is 35.1. The maximum Gasteiger partial charge on any atom is 0.306 e. The molecule has 0 spiro atoms. The number of ether oxygens (including phenoxy) is 3. The van der Waals surface area contributed by atoms with Gasteiger partial charge in [0.2, 0.25) is 0 Å². The van der Waals surface area contributed by atoms with Crippen molar-refractivity contribution in [2.75, 3.05) is 41.0 Å². The van der Waals surface area contributed by atoms with Gasteiger partial charge in [-0.05, 0) is 32.1 Å². The molecule has 0 amide bonds. The van der Waals surface area contributed by atoms with Crippen LogP contribution in [0.2, 0.25) is 0 Å². The summed E-state index contributed by atoms with van der Waals surface area (Å²) in [5.74, 6) is -1.78. The van der Waals surface area contributed by atoms with Gasteiger partial charge in [0.1, 0.15) is 12.6 Å². The molecule has 0 aliphatic heterocycles. The lowest BCUT2D eigenvalue weighted by molar-refractivity contribution is -0.889. The largest absolute Gasteiger partial charge is 0.544 e. The molecule has 0 radical (unpaired) electrons. The lowest BCUT2D eigenvalue weighted by Crippen LogP contribution is -2.55. The Kier molecular flexibility index (Phi) is 33.1. The van der Waals surface area contributed by atoms with Crippen LogP contribution in [0.15, 0.2) is 60.8 Å². The van der Waals surface area contributed by atoms with Gasteiger partial charge in [-0.2, -0.15) is 0 Å². The van der Waals surface area contributed by atoms with E-state index in [2.05, 4.69) is 38.2 Å². The molecule has 0 heterocycles. The van der Waals surface area contributed by atoms with E-state index in [1.807, 2.05) is 36.5 Å². The number of hydrogen-bond donors (Lipinski definition) is 0. The van der Waals surface area contributed by atoms with Crippen molar-refractivity contribution in [3.05, 3.63) is 60.8 Å². The van der Waals surface area contributed by atoms with Crippen LogP contribution in [-0.2, 0) is 28.6 Å². The highest BCUT2D eigenvalue weighted by atomic mass is 16.6. The molecule has 0 aromatic heterocycles. The average Bonchev–Trinajstić information content (AvgIpc) is 3.09. The van der Waals surface area contributed by atoms with Crippen LogP contribution in [0.1, 0.15) is 149 Å². The van der Waals surface area contributed by atoms with Gasteiger partial charge in [0.25, 0.3) is 0 Å². The molecule has 52 heavy (non-hydrogen) atoms. The average molecular weight is 730 g/mol. The highest BCUT2D eigenvalue weighted by molar-refractivity contribution is 5.70.